The number of rotatable bonds is 5. The first-order valence-corrected chi connectivity index (χ1v) is 6.31. The quantitative estimate of drug-likeness (QED) is 0.914. The van der Waals surface area contributed by atoms with Crippen molar-refractivity contribution >= 4 is 0 Å². The molecular weight excluding hydrogens is 267 g/mol. The molecule has 0 amide bonds. The van der Waals surface area contributed by atoms with Crippen molar-refractivity contribution in [2.24, 2.45) is 0 Å². The maximum Gasteiger partial charge on any atom is 0.416 e. The van der Waals surface area contributed by atoms with Gasteiger partial charge in [-0.3, -0.25) is 0 Å². The van der Waals surface area contributed by atoms with E-state index in [4.69, 9.17) is 0 Å². The lowest BCUT2D eigenvalue weighted by Crippen LogP contribution is -2.30. The predicted octanol–water partition coefficient (Wildman–Crippen LogP) is 3.08. The van der Waals surface area contributed by atoms with Crippen LogP contribution in [0.4, 0.5) is 13.2 Å². The Morgan fingerprint density at radius 2 is 2.05 bits per heavy atom. The summed E-state index contributed by atoms with van der Waals surface area (Å²) in [5.74, 6) is 0. The number of halogens is 3. The fourth-order valence-corrected chi connectivity index (χ4v) is 2.01. The van der Waals surface area contributed by atoms with Crippen LogP contribution in [-0.2, 0) is 19.3 Å². The molecule has 2 aromatic rings. The van der Waals surface area contributed by atoms with Crippen molar-refractivity contribution in [1.29, 1.82) is 0 Å². The van der Waals surface area contributed by atoms with E-state index >= 15 is 0 Å². The zero-order chi connectivity index (χ0) is 14.6. The van der Waals surface area contributed by atoms with E-state index in [0.29, 0.717) is 6.54 Å². The van der Waals surface area contributed by atoms with Gasteiger partial charge in [0.1, 0.15) is 0 Å². The molecule has 1 atom stereocenters. The van der Waals surface area contributed by atoms with Gasteiger partial charge in [0.05, 0.1) is 11.9 Å². The van der Waals surface area contributed by atoms with Crippen LogP contribution in [0.5, 0.6) is 0 Å². The SMILES string of the molecule is CC(Cn1ccnc1)NCc1ccccc1C(F)(F)F. The minimum Gasteiger partial charge on any atom is -0.336 e. The summed E-state index contributed by atoms with van der Waals surface area (Å²) in [5, 5.41) is 3.10. The second kappa shape index (κ2) is 6.09. The normalized spacial score (nSPS) is 13.4. The Morgan fingerprint density at radius 3 is 2.70 bits per heavy atom. The van der Waals surface area contributed by atoms with Gasteiger partial charge in [0.2, 0.25) is 0 Å². The van der Waals surface area contributed by atoms with Crippen molar-refractivity contribution in [3.05, 3.63) is 54.1 Å². The molecule has 20 heavy (non-hydrogen) atoms. The lowest BCUT2D eigenvalue weighted by Gasteiger charge is -2.17. The Morgan fingerprint density at radius 1 is 1.30 bits per heavy atom. The molecule has 1 N–H and O–H groups in total. The Kier molecular flexibility index (Phi) is 4.44. The molecule has 2 rings (SSSR count). The van der Waals surface area contributed by atoms with Crippen molar-refractivity contribution in [2.45, 2.75) is 32.2 Å². The van der Waals surface area contributed by atoms with E-state index in [9.17, 15) is 13.2 Å². The van der Waals surface area contributed by atoms with Crippen LogP contribution < -0.4 is 5.32 Å². The van der Waals surface area contributed by atoms with Crippen molar-refractivity contribution in [3.8, 4) is 0 Å². The topological polar surface area (TPSA) is 29.9 Å². The molecule has 1 unspecified atom stereocenters. The minimum atomic E-state index is -4.31. The molecule has 0 bridgehead atoms. The molecule has 0 saturated heterocycles. The summed E-state index contributed by atoms with van der Waals surface area (Å²) in [6, 6.07) is 5.68. The van der Waals surface area contributed by atoms with Crippen molar-refractivity contribution < 1.29 is 13.2 Å². The molecule has 0 fully saturated rings. The number of nitrogens with one attached hydrogen (secondary N) is 1. The molecule has 1 aromatic heterocycles. The lowest BCUT2D eigenvalue weighted by molar-refractivity contribution is -0.138. The summed E-state index contributed by atoms with van der Waals surface area (Å²) in [4.78, 5) is 3.93. The third-order valence-electron chi connectivity index (χ3n) is 3.01. The van der Waals surface area contributed by atoms with Crippen LogP contribution in [0.2, 0.25) is 0 Å². The van der Waals surface area contributed by atoms with Gasteiger partial charge in [-0.1, -0.05) is 18.2 Å². The second-order valence-corrected chi connectivity index (χ2v) is 4.70. The van der Waals surface area contributed by atoms with E-state index in [0.717, 1.165) is 6.07 Å². The first-order chi connectivity index (χ1) is 9.47. The molecule has 0 radical (unpaired) electrons. The highest BCUT2D eigenvalue weighted by atomic mass is 19.4. The van der Waals surface area contributed by atoms with E-state index < -0.39 is 11.7 Å². The Hall–Kier alpha value is -1.82. The summed E-state index contributed by atoms with van der Waals surface area (Å²) >= 11 is 0. The molecule has 0 aliphatic rings. The van der Waals surface area contributed by atoms with E-state index in [1.807, 2.05) is 17.7 Å². The van der Waals surface area contributed by atoms with E-state index in [1.165, 1.54) is 12.1 Å². The van der Waals surface area contributed by atoms with Crippen LogP contribution in [0.15, 0.2) is 43.0 Å². The van der Waals surface area contributed by atoms with Crippen molar-refractivity contribution in [1.82, 2.24) is 14.9 Å². The number of hydrogen-bond donors (Lipinski definition) is 1. The van der Waals surface area contributed by atoms with Gasteiger partial charge in [-0.05, 0) is 18.6 Å². The number of hydrogen-bond acceptors (Lipinski definition) is 2. The molecule has 0 saturated carbocycles. The number of alkyl halides is 3. The average molecular weight is 283 g/mol. The Labute approximate surface area is 115 Å². The van der Waals surface area contributed by atoms with E-state index in [-0.39, 0.29) is 18.2 Å². The van der Waals surface area contributed by atoms with Crippen LogP contribution in [0.1, 0.15) is 18.1 Å². The molecule has 108 valence electrons. The first-order valence-electron chi connectivity index (χ1n) is 6.31. The van der Waals surface area contributed by atoms with Crippen LogP contribution in [0, 0.1) is 0 Å². The van der Waals surface area contributed by atoms with Crippen molar-refractivity contribution in [3.63, 3.8) is 0 Å². The Balaban J connectivity index is 1.97. The van der Waals surface area contributed by atoms with Gasteiger partial charge in [-0.25, -0.2) is 4.98 Å². The number of nitrogens with zero attached hydrogens (tertiary/aromatic N) is 2. The number of benzene rings is 1. The Bertz CT molecular complexity index is 535. The predicted molar refractivity (Wildman–Crippen MR) is 70.0 cm³/mol. The molecule has 0 spiro atoms. The van der Waals surface area contributed by atoms with E-state index in [2.05, 4.69) is 10.3 Å². The van der Waals surface area contributed by atoms with Gasteiger partial charge in [0.25, 0.3) is 0 Å². The van der Waals surface area contributed by atoms with Gasteiger partial charge in [0.15, 0.2) is 0 Å². The molecule has 0 aliphatic heterocycles. The third-order valence-corrected chi connectivity index (χ3v) is 3.01. The lowest BCUT2D eigenvalue weighted by atomic mass is 10.1. The summed E-state index contributed by atoms with van der Waals surface area (Å²) in [6.07, 6.45) is 0.862. The molecule has 1 heterocycles. The second-order valence-electron chi connectivity index (χ2n) is 4.70. The highest BCUT2D eigenvalue weighted by molar-refractivity contribution is 5.29. The highest BCUT2D eigenvalue weighted by Gasteiger charge is 2.32. The summed E-state index contributed by atoms with van der Waals surface area (Å²) < 4.78 is 40.4. The van der Waals surface area contributed by atoms with Crippen LogP contribution in [0.3, 0.4) is 0 Å². The largest absolute Gasteiger partial charge is 0.416 e. The maximum atomic E-state index is 12.8. The van der Waals surface area contributed by atoms with Gasteiger partial charge >= 0.3 is 6.18 Å². The minimum absolute atomic E-state index is 0.0467. The zero-order valence-corrected chi connectivity index (χ0v) is 11.1. The number of imidazole rings is 1. The molecule has 6 heteroatoms. The van der Waals surface area contributed by atoms with E-state index in [1.54, 1.807) is 18.6 Å². The summed E-state index contributed by atoms with van der Waals surface area (Å²) in [6.45, 7) is 2.77. The standard InChI is InChI=1S/C14H16F3N3/c1-11(9-20-7-6-18-10-20)19-8-12-4-2-3-5-13(12)14(15,16)17/h2-7,10-11,19H,8-9H2,1H3. The van der Waals surface area contributed by atoms with Gasteiger partial charge < -0.3 is 9.88 Å². The van der Waals surface area contributed by atoms with Crippen LogP contribution in [-0.4, -0.2) is 15.6 Å². The molecular formula is C14H16F3N3. The van der Waals surface area contributed by atoms with Crippen LogP contribution >= 0.6 is 0 Å². The van der Waals surface area contributed by atoms with Gasteiger partial charge in [-0.15, -0.1) is 0 Å². The smallest absolute Gasteiger partial charge is 0.336 e. The molecule has 1 aromatic carbocycles. The molecule has 0 aliphatic carbocycles. The highest BCUT2D eigenvalue weighted by Crippen LogP contribution is 2.31. The maximum absolute atomic E-state index is 12.8. The molecule has 3 nitrogen and oxygen atoms in total. The monoisotopic (exact) mass is 283 g/mol. The third kappa shape index (κ3) is 3.84. The van der Waals surface area contributed by atoms with Crippen molar-refractivity contribution in [2.75, 3.05) is 0 Å². The first kappa shape index (κ1) is 14.6. The summed E-state index contributed by atoms with van der Waals surface area (Å²) in [5.41, 5.74) is -0.320. The number of aromatic nitrogens is 2. The van der Waals surface area contributed by atoms with Gasteiger partial charge in [0, 0.05) is 31.5 Å². The summed E-state index contributed by atoms with van der Waals surface area (Å²) in [7, 11) is 0. The van der Waals surface area contributed by atoms with Crippen LogP contribution in [0.25, 0.3) is 0 Å². The zero-order valence-electron chi connectivity index (χ0n) is 11.1. The van der Waals surface area contributed by atoms with Gasteiger partial charge in [-0.2, -0.15) is 13.2 Å². The average Bonchev–Trinajstić information content (AvgIpc) is 2.88. The fraction of sp³-hybridized carbons (Fsp3) is 0.357. The fourth-order valence-electron chi connectivity index (χ4n) is 2.01.